The zero-order chi connectivity index (χ0) is 19.4. The quantitative estimate of drug-likeness (QED) is 0.668. The first-order valence-corrected chi connectivity index (χ1v) is 8.13. The van der Waals surface area contributed by atoms with Gasteiger partial charge in [0, 0.05) is 17.1 Å². The van der Waals surface area contributed by atoms with Gasteiger partial charge in [-0.25, -0.2) is 9.89 Å². The summed E-state index contributed by atoms with van der Waals surface area (Å²) in [7, 11) is 1.52. The van der Waals surface area contributed by atoms with Gasteiger partial charge in [0.1, 0.15) is 5.75 Å². The minimum Gasteiger partial charge on any atom is -0.497 e. The molecule has 1 heterocycles. The predicted octanol–water partition coefficient (Wildman–Crippen LogP) is 2.12. The average Bonchev–Trinajstić information content (AvgIpc) is 2.68. The number of anilines is 1. The minimum absolute atomic E-state index is 0.0637. The van der Waals surface area contributed by atoms with Crippen molar-refractivity contribution in [3.05, 3.63) is 64.6 Å². The Morgan fingerprint density at radius 2 is 1.85 bits per heavy atom. The Balaban J connectivity index is 1.75. The van der Waals surface area contributed by atoms with E-state index in [1.165, 1.54) is 14.0 Å². The van der Waals surface area contributed by atoms with Crippen LogP contribution in [0.1, 0.15) is 17.4 Å². The standard InChI is InChI=1S/C19H17N3O5/c1-11(17(23)20-12-6-5-7-13(10-12)26-2)27-19(25)16-14-8-3-4-9-15(14)18(24)22-21-16/h3-11H,1-2H3,(H,20,23)(H,22,24). The molecule has 138 valence electrons. The number of aromatic amines is 1. The Kier molecular flexibility index (Phi) is 5.16. The zero-order valence-corrected chi connectivity index (χ0v) is 14.7. The van der Waals surface area contributed by atoms with Gasteiger partial charge in [-0.3, -0.25) is 9.59 Å². The molecule has 2 N–H and O–H groups in total. The molecule has 0 saturated heterocycles. The number of carbonyl (C=O) groups is 2. The molecule has 0 aliphatic rings. The van der Waals surface area contributed by atoms with Crippen molar-refractivity contribution in [1.82, 2.24) is 10.2 Å². The number of rotatable bonds is 5. The van der Waals surface area contributed by atoms with Crippen LogP contribution in [0.3, 0.4) is 0 Å². The van der Waals surface area contributed by atoms with Crippen LogP contribution >= 0.6 is 0 Å². The molecule has 0 bridgehead atoms. The molecule has 8 heteroatoms. The third-order valence-electron chi connectivity index (χ3n) is 3.88. The number of esters is 1. The average molecular weight is 367 g/mol. The Morgan fingerprint density at radius 3 is 2.59 bits per heavy atom. The number of nitrogens with one attached hydrogen (secondary N) is 2. The highest BCUT2D eigenvalue weighted by Crippen LogP contribution is 2.18. The molecule has 27 heavy (non-hydrogen) atoms. The highest BCUT2D eigenvalue weighted by molar-refractivity contribution is 6.03. The Labute approximate surface area is 154 Å². The third-order valence-corrected chi connectivity index (χ3v) is 3.88. The number of hydrogen-bond acceptors (Lipinski definition) is 6. The van der Waals surface area contributed by atoms with Gasteiger partial charge >= 0.3 is 5.97 Å². The first-order chi connectivity index (χ1) is 13.0. The Bertz CT molecular complexity index is 1060. The number of benzene rings is 2. The summed E-state index contributed by atoms with van der Waals surface area (Å²) >= 11 is 0. The summed E-state index contributed by atoms with van der Waals surface area (Å²) in [6, 6.07) is 13.3. The highest BCUT2D eigenvalue weighted by atomic mass is 16.5. The van der Waals surface area contributed by atoms with Crippen molar-refractivity contribution in [3.63, 3.8) is 0 Å². The maximum absolute atomic E-state index is 12.4. The van der Waals surface area contributed by atoms with E-state index < -0.39 is 23.5 Å². The number of fused-ring (bicyclic) bond motifs is 1. The Morgan fingerprint density at radius 1 is 1.11 bits per heavy atom. The summed E-state index contributed by atoms with van der Waals surface area (Å²) in [4.78, 5) is 36.5. The summed E-state index contributed by atoms with van der Waals surface area (Å²) in [5.74, 6) is -0.734. The molecule has 0 aliphatic carbocycles. The van der Waals surface area contributed by atoms with Crippen molar-refractivity contribution in [2.24, 2.45) is 0 Å². The van der Waals surface area contributed by atoms with E-state index in [-0.39, 0.29) is 5.69 Å². The lowest BCUT2D eigenvalue weighted by Crippen LogP contribution is -2.30. The van der Waals surface area contributed by atoms with Crippen LogP contribution in [0.15, 0.2) is 53.3 Å². The molecule has 1 aromatic heterocycles. The molecule has 3 rings (SSSR count). The van der Waals surface area contributed by atoms with E-state index in [1.807, 2.05) is 0 Å². The molecule has 3 aromatic rings. The van der Waals surface area contributed by atoms with E-state index in [1.54, 1.807) is 48.5 Å². The summed E-state index contributed by atoms with van der Waals surface area (Å²) in [6.45, 7) is 1.45. The number of ether oxygens (including phenoxy) is 2. The van der Waals surface area contributed by atoms with Gasteiger partial charge < -0.3 is 14.8 Å². The van der Waals surface area contributed by atoms with Gasteiger partial charge in [-0.1, -0.05) is 24.3 Å². The number of carbonyl (C=O) groups excluding carboxylic acids is 2. The molecule has 1 unspecified atom stereocenters. The highest BCUT2D eigenvalue weighted by Gasteiger charge is 2.22. The van der Waals surface area contributed by atoms with Crippen molar-refractivity contribution >= 4 is 28.3 Å². The topological polar surface area (TPSA) is 110 Å². The van der Waals surface area contributed by atoms with Crippen LogP contribution in [0.5, 0.6) is 5.75 Å². The second kappa shape index (κ2) is 7.69. The molecule has 0 radical (unpaired) electrons. The molecule has 0 saturated carbocycles. The van der Waals surface area contributed by atoms with Crippen molar-refractivity contribution in [3.8, 4) is 5.75 Å². The molecule has 0 aliphatic heterocycles. The fourth-order valence-electron chi connectivity index (χ4n) is 2.48. The Hall–Kier alpha value is -3.68. The van der Waals surface area contributed by atoms with Crippen LogP contribution < -0.4 is 15.6 Å². The molecule has 8 nitrogen and oxygen atoms in total. The molecule has 1 atom stereocenters. The molecule has 0 spiro atoms. The lowest BCUT2D eigenvalue weighted by Gasteiger charge is -2.14. The normalized spacial score (nSPS) is 11.6. The van der Waals surface area contributed by atoms with Crippen LogP contribution in [-0.2, 0) is 9.53 Å². The molecule has 2 aromatic carbocycles. The van der Waals surface area contributed by atoms with Gasteiger partial charge in [0.15, 0.2) is 11.8 Å². The summed E-state index contributed by atoms with van der Waals surface area (Å²) in [5.41, 5.74) is 0.0343. The van der Waals surface area contributed by atoms with E-state index in [0.717, 1.165) is 0 Å². The van der Waals surface area contributed by atoms with Crippen LogP contribution in [0.2, 0.25) is 0 Å². The molecular formula is C19H17N3O5. The van der Waals surface area contributed by atoms with Gasteiger partial charge in [-0.05, 0) is 25.1 Å². The monoisotopic (exact) mass is 367 g/mol. The molecule has 1 amide bonds. The van der Waals surface area contributed by atoms with Crippen molar-refractivity contribution in [1.29, 1.82) is 0 Å². The van der Waals surface area contributed by atoms with Crippen LogP contribution in [-0.4, -0.2) is 35.3 Å². The van der Waals surface area contributed by atoms with Gasteiger partial charge in [0.05, 0.1) is 12.5 Å². The summed E-state index contributed by atoms with van der Waals surface area (Å²) < 4.78 is 10.3. The van der Waals surface area contributed by atoms with Gasteiger partial charge in [-0.15, -0.1) is 0 Å². The lowest BCUT2D eigenvalue weighted by molar-refractivity contribution is -0.123. The van der Waals surface area contributed by atoms with Crippen LogP contribution in [0.25, 0.3) is 10.8 Å². The summed E-state index contributed by atoms with van der Waals surface area (Å²) in [5, 5.41) is 9.33. The maximum Gasteiger partial charge on any atom is 0.360 e. The molecular weight excluding hydrogens is 350 g/mol. The van der Waals surface area contributed by atoms with Gasteiger partial charge in [0.2, 0.25) is 0 Å². The van der Waals surface area contributed by atoms with E-state index in [4.69, 9.17) is 9.47 Å². The largest absolute Gasteiger partial charge is 0.497 e. The minimum atomic E-state index is -1.07. The maximum atomic E-state index is 12.4. The SMILES string of the molecule is COc1cccc(NC(=O)C(C)OC(=O)c2n[nH]c(=O)c3ccccc23)c1. The fourth-order valence-corrected chi connectivity index (χ4v) is 2.48. The molecule has 0 fully saturated rings. The summed E-state index contributed by atoms with van der Waals surface area (Å²) in [6.07, 6.45) is -1.07. The first kappa shape index (κ1) is 18.1. The van der Waals surface area contributed by atoms with E-state index in [9.17, 15) is 14.4 Å². The van der Waals surface area contributed by atoms with Crippen molar-refractivity contribution < 1.29 is 19.1 Å². The van der Waals surface area contributed by atoms with Gasteiger partial charge in [0.25, 0.3) is 11.5 Å². The van der Waals surface area contributed by atoms with Crippen molar-refractivity contribution in [2.45, 2.75) is 13.0 Å². The third kappa shape index (κ3) is 3.95. The van der Waals surface area contributed by atoms with E-state index in [2.05, 4.69) is 15.5 Å². The van der Waals surface area contributed by atoms with Crippen LogP contribution in [0.4, 0.5) is 5.69 Å². The predicted molar refractivity (Wildman–Crippen MR) is 98.9 cm³/mol. The first-order valence-electron chi connectivity index (χ1n) is 8.13. The smallest absolute Gasteiger partial charge is 0.360 e. The fraction of sp³-hybridized carbons (Fsp3) is 0.158. The number of H-pyrrole nitrogens is 1. The van der Waals surface area contributed by atoms with E-state index >= 15 is 0 Å². The van der Waals surface area contributed by atoms with Crippen molar-refractivity contribution in [2.75, 3.05) is 12.4 Å². The number of methoxy groups -OCH3 is 1. The number of nitrogens with zero attached hydrogens (tertiary/aromatic N) is 1. The van der Waals surface area contributed by atoms with Gasteiger partial charge in [-0.2, -0.15) is 5.10 Å². The number of amides is 1. The second-order valence-corrected chi connectivity index (χ2v) is 5.72. The van der Waals surface area contributed by atoms with E-state index in [0.29, 0.717) is 22.2 Å². The lowest BCUT2D eigenvalue weighted by atomic mass is 10.1. The zero-order valence-electron chi connectivity index (χ0n) is 14.7. The number of aromatic nitrogens is 2. The van der Waals surface area contributed by atoms with Crippen LogP contribution in [0, 0.1) is 0 Å². The second-order valence-electron chi connectivity index (χ2n) is 5.72. The number of hydrogen-bond donors (Lipinski definition) is 2.